The van der Waals surface area contributed by atoms with Crippen molar-refractivity contribution in [2.45, 2.75) is 13.8 Å². The Bertz CT molecular complexity index is 934. The third kappa shape index (κ3) is 4.32. The molecule has 0 saturated heterocycles. The van der Waals surface area contributed by atoms with Crippen molar-refractivity contribution in [2.75, 3.05) is 33.3 Å². The van der Waals surface area contributed by atoms with E-state index in [4.69, 9.17) is 9.63 Å². The number of aliphatic hydroxyl groups is 1. The summed E-state index contributed by atoms with van der Waals surface area (Å²) in [4.78, 5) is 19.3. The van der Waals surface area contributed by atoms with Crippen LogP contribution < -0.4 is 5.32 Å². The van der Waals surface area contributed by atoms with E-state index in [0.717, 1.165) is 11.1 Å². The van der Waals surface area contributed by atoms with Crippen LogP contribution in [0.3, 0.4) is 0 Å². The number of carbonyl (C=O) groups excluding carboxylic acids is 1. The van der Waals surface area contributed by atoms with Crippen molar-refractivity contribution in [1.82, 2.24) is 20.4 Å². The summed E-state index contributed by atoms with van der Waals surface area (Å²) in [6, 6.07) is 9.73. The lowest BCUT2D eigenvalue weighted by atomic mass is 10.0. The predicted molar refractivity (Wildman–Crippen MR) is 104 cm³/mol. The molecule has 0 saturated carbocycles. The maximum atomic E-state index is 12.8. The highest BCUT2D eigenvalue weighted by molar-refractivity contribution is 6.07. The van der Waals surface area contributed by atoms with Gasteiger partial charge in [-0.1, -0.05) is 35.0 Å². The maximum absolute atomic E-state index is 12.8. The molecule has 3 aromatic rings. The molecule has 3 rings (SSSR count). The van der Waals surface area contributed by atoms with Gasteiger partial charge in [0.05, 0.1) is 28.9 Å². The molecule has 7 nitrogen and oxygen atoms in total. The van der Waals surface area contributed by atoms with Crippen molar-refractivity contribution in [3.05, 3.63) is 47.2 Å². The number of rotatable bonds is 7. The number of aliphatic hydroxyl groups excluding tert-OH is 1. The zero-order chi connectivity index (χ0) is 19.4. The van der Waals surface area contributed by atoms with Gasteiger partial charge in [0, 0.05) is 25.2 Å². The smallest absolute Gasteiger partial charge is 0.259 e. The summed E-state index contributed by atoms with van der Waals surface area (Å²) in [7, 11) is 1.90. The van der Waals surface area contributed by atoms with Crippen molar-refractivity contribution in [3.63, 3.8) is 0 Å². The van der Waals surface area contributed by atoms with E-state index < -0.39 is 0 Å². The fourth-order valence-corrected chi connectivity index (χ4v) is 2.88. The van der Waals surface area contributed by atoms with Crippen LogP contribution in [0, 0.1) is 13.8 Å². The van der Waals surface area contributed by atoms with Crippen molar-refractivity contribution in [2.24, 2.45) is 0 Å². The molecule has 7 heteroatoms. The number of hydrogen-bond acceptors (Lipinski definition) is 6. The summed E-state index contributed by atoms with van der Waals surface area (Å²) in [5, 5.41) is 16.5. The molecule has 1 aromatic carbocycles. The van der Waals surface area contributed by atoms with E-state index in [1.54, 1.807) is 13.0 Å². The fourth-order valence-electron chi connectivity index (χ4n) is 2.88. The minimum atomic E-state index is -0.195. The summed E-state index contributed by atoms with van der Waals surface area (Å²) in [5.41, 5.74) is 4.22. The molecule has 2 N–H and O–H groups in total. The first-order valence-electron chi connectivity index (χ1n) is 8.91. The van der Waals surface area contributed by atoms with Crippen LogP contribution in [0.5, 0.6) is 0 Å². The van der Waals surface area contributed by atoms with Gasteiger partial charge >= 0.3 is 0 Å². The lowest BCUT2D eigenvalue weighted by Crippen LogP contribution is -2.34. The molecule has 27 heavy (non-hydrogen) atoms. The Morgan fingerprint density at radius 1 is 1.22 bits per heavy atom. The van der Waals surface area contributed by atoms with E-state index in [9.17, 15) is 4.79 Å². The number of nitrogens with one attached hydrogen (secondary N) is 1. The number of likely N-dealkylation sites (N-methyl/N-ethyl adjacent to an activating group) is 1. The van der Waals surface area contributed by atoms with Crippen LogP contribution in [0.4, 0.5) is 0 Å². The molecule has 0 spiro atoms. The molecule has 2 heterocycles. The molecule has 0 unspecified atom stereocenters. The number of aromatic nitrogens is 2. The van der Waals surface area contributed by atoms with Crippen LogP contribution in [-0.4, -0.2) is 59.3 Å². The van der Waals surface area contributed by atoms with Gasteiger partial charge < -0.3 is 19.8 Å². The van der Waals surface area contributed by atoms with Gasteiger partial charge in [-0.05, 0) is 27.0 Å². The molecule has 0 aliphatic carbocycles. The second-order valence-corrected chi connectivity index (χ2v) is 6.65. The van der Waals surface area contributed by atoms with Gasteiger partial charge in [-0.3, -0.25) is 4.79 Å². The maximum Gasteiger partial charge on any atom is 0.259 e. The van der Waals surface area contributed by atoms with E-state index in [0.29, 0.717) is 47.7 Å². The molecule has 0 atom stereocenters. The number of hydrogen-bond donors (Lipinski definition) is 2. The molecule has 142 valence electrons. The number of carbonyl (C=O) groups is 1. The zero-order valence-electron chi connectivity index (χ0n) is 15.8. The van der Waals surface area contributed by atoms with Gasteiger partial charge in [0.25, 0.3) is 11.6 Å². The highest BCUT2D eigenvalue weighted by Crippen LogP contribution is 2.27. The number of amides is 1. The van der Waals surface area contributed by atoms with E-state index >= 15 is 0 Å². The first-order chi connectivity index (χ1) is 13.0. The summed E-state index contributed by atoms with van der Waals surface area (Å²) in [6.45, 7) is 5.60. The molecule has 0 radical (unpaired) electrons. The third-order valence-electron chi connectivity index (χ3n) is 4.47. The second kappa shape index (κ2) is 8.28. The fraction of sp³-hybridized carbons (Fsp3) is 0.350. The summed E-state index contributed by atoms with van der Waals surface area (Å²) >= 11 is 0. The van der Waals surface area contributed by atoms with Crippen LogP contribution in [0.15, 0.2) is 34.9 Å². The molecule has 2 aromatic heterocycles. The van der Waals surface area contributed by atoms with Gasteiger partial charge in [0.2, 0.25) is 0 Å². The largest absolute Gasteiger partial charge is 0.395 e. The minimum Gasteiger partial charge on any atom is -0.395 e. The van der Waals surface area contributed by atoms with E-state index in [-0.39, 0.29) is 12.5 Å². The average molecular weight is 368 g/mol. The number of aryl methyl sites for hydroxylation is 2. The number of nitrogens with zero attached hydrogens (tertiary/aromatic N) is 3. The van der Waals surface area contributed by atoms with Crippen molar-refractivity contribution in [3.8, 4) is 11.3 Å². The Balaban J connectivity index is 1.89. The predicted octanol–water partition coefficient (Wildman–Crippen LogP) is 2.16. The average Bonchev–Trinajstić information content (AvgIpc) is 3.03. The molecule has 0 aliphatic rings. The van der Waals surface area contributed by atoms with E-state index in [1.165, 1.54) is 0 Å². The Kier molecular flexibility index (Phi) is 5.83. The number of benzene rings is 1. The molecule has 1 amide bonds. The monoisotopic (exact) mass is 368 g/mol. The normalized spacial score (nSPS) is 11.3. The molecular formula is C20H24N4O3. The Morgan fingerprint density at radius 2 is 1.96 bits per heavy atom. The Morgan fingerprint density at radius 3 is 2.67 bits per heavy atom. The van der Waals surface area contributed by atoms with Crippen molar-refractivity contribution >= 4 is 17.0 Å². The number of pyridine rings is 1. The zero-order valence-corrected chi connectivity index (χ0v) is 15.8. The highest BCUT2D eigenvalue weighted by atomic mass is 16.5. The van der Waals surface area contributed by atoms with E-state index in [1.807, 2.05) is 43.1 Å². The number of fused-ring (bicyclic) bond motifs is 1. The van der Waals surface area contributed by atoms with Gasteiger partial charge in [0.1, 0.15) is 0 Å². The lowest BCUT2D eigenvalue weighted by Gasteiger charge is -2.15. The second-order valence-electron chi connectivity index (χ2n) is 6.65. The molecular weight excluding hydrogens is 344 g/mol. The van der Waals surface area contributed by atoms with Gasteiger partial charge in [0.15, 0.2) is 0 Å². The van der Waals surface area contributed by atoms with Gasteiger partial charge in [-0.15, -0.1) is 0 Å². The van der Waals surface area contributed by atoms with Crippen molar-refractivity contribution in [1.29, 1.82) is 0 Å². The van der Waals surface area contributed by atoms with Crippen LogP contribution in [0.25, 0.3) is 22.4 Å². The first kappa shape index (κ1) is 19.0. The van der Waals surface area contributed by atoms with Crippen LogP contribution in [0.2, 0.25) is 0 Å². The van der Waals surface area contributed by atoms with Gasteiger partial charge in [-0.25, -0.2) is 4.98 Å². The molecule has 0 aliphatic heterocycles. The van der Waals surface area contributed by atoms with Crippen molar-refractivity contribution < 1.29 is 14.4 Å². The minimum absolute atomic E-state index is 0.0925. The topological polar surface area (TPSA) is 91.5 Å². The summed E-state index contributed by atoms with van der Waals surface area (Å²) < 4.78 is 5.32. The highest BCUT2D eigenvalue weighted by Gasteiger charge is 2.19. The van der Waals surface area contributed by atoms with Crippen LogP contribution in [-0.2, 0) is 0 Å². The molecule has 0 bridgehead atoms. The summed E-state index contributed by atoms with van der Waals surface area (Å²) in [5.74, 6) is -0.195. The summed E-state index contributed by atoms with van der Waals surface area (Å²) in [6.07, 6.45) is 0. The first-order valence-corrected chi connectivity index (χ1v) is 8.91. The Hall–Kier alpha value is -2.77. The van der Waals surface area contributed by atoms with Gasteiger partial charge in [-0.2, -0.15) is 0 Å². The quantitative estimate of drug-likeness (QED) is 0.664. The van der Waals surface area contributed by atoms with E-state index in [2.05, 4.69) is 15.5 Å². The standard InChI is InChI=1S/C20H24N4O3/c1-13-4-6-15(7-5-13)17-12-16(18-14(2)23-27-20(18)22-17)19(26)21-8-9-24(3)10-11-25/h4-7,12,25H,8-11H2,1-3H3,(H,21,26). The lowest BCUT2D eigenvalue weighted by molar-refractivity contribution is 0.0950. The third-order valence-corrected chi connectivity index (χ3v) is 4.47. The SMILES string of the molecule is Cc1ccc(-c2cc(C(=O)NCCN(C)CCO)c3c(C)noc3n2)cc1. The molecule has 0 fully saturated rings. The van der Waals surface area contributed by atoms with Crippen LogP contribution in [0.1, 0.15) is 21.6 Å². The Labute approximate surface area is 158 Å². The van der Waals surface area contributed by atoms with Crippen LogP contribution >= 0.6 is 0 Å².